The van der Waals surface area contributed by atoms with E-state index in [4.69, 9.17) is 5.26 Å². The Labute approximate surface area is 113 Å². The zero-order valence-electron chi connectivity index (χ0n) is 9.67. The summed E-state index contributed by atoms with van der Waals surface area (Å²) in [5.41, 5.74) is 0.318. The lowest BCUT2D eigenvalue weighted by atomic mass is 10.3. The van der Waals surface area contributed by atoms with Gasteiger partial charge in [0.05, 0.1) is 17.4 Å². The second kappa shape index (κ2) is 6.14. The number of rotatable bonds is 3. The van der Waals surface area contributed by atoms with Gasteiger partial charge in [-0.1, -0.05) is 0 Å². The summed E-state index contributed by atoms with van der Waals surface area (Å²) in [7, 11) is -3.40. The van der Waals surface area contributed by atoms with Gasteiger partial charge in [-0.2, -0.15) is 5.26 Å². The molecule has 2 heterocycles. The van der Waals surface area contributed by atoms with E-state index in [1.165, 1.54) is 18.3 Å². The van der Waals surface area contributed by atoms with Crippen LogP contribution in [0, 0.1) is 11.3 Å². The summed E-state index contributed by atoms with van der Waals surface area (Å²) in [5.74, 6) is 0.0505. The number of hydrogen-bond acceptors (Lipinski definition) is 5. The maximum Gasteiger partial charge on any atom is 0.197 e. The van der Waals surface area contributed by atoms with Crippen LogP contribution >= 0.6 is 12.4 Å². The van der Waals surface area contributed by atoms with Crippen LogP contribution in [0.4, 0.5) is 0 Å². The van der Waals surface area contributed by atoms with E-state index in [1.807, 2.05) is 6.07 Å². The highest BCUT2D eigenvalue weighted by atomic mass is 35.5. The number of sulfone groups is 1. The van der Waals surface area contributed by atoms with Crippen LogP contribution in [0.1, 0.15) is 18.4 Å². The molecule has 18 heavy (non-hydrogen) atoms. The molecule has 1 aliphatic heterocycles. The van der Waals surface area contributed by atoms with Crippen molar-refractivity contribution in [1.82, 2.24) is 10.3 Å². The number of pyridine rings is 1. The molecular formula is C11H14ClN3O2S. The second-order valence-electron chi connectivity index (χ2n) is 4.07. The van der Waals surface area contributed by atoms with Crippen LogP contribution in [-0.4, -0.2) is 31.7 Å². The molecule has 1 fully saturated rings. The lowest BCUT2D eigenvalue weighted by Gasteiger charge is -2.10. The van der Waals surface area contributed by atoms with Gasteiger partial charge in [0.15, 0.2) is 14.9 Å². The molecule has 1 atom stereocenters. The molecule has 0 bridgehead atoms. The van der Waals surface area contributed by atoms with E-state index in [2.05, 4.69) is 10.3 Å². The van der Waals surface area contributed by atoms with E-state index in [9.17, 15) is 8.42 Å². The number of nitrogens with one attached hydrogen (secondary N) is 1. The molecule has 1 saturated heterocycles. The summed E-state index contributed by atoms with van der Waals surface area (Å²) in [4.78, 5) is 3.83. The standard InChI is InChI=1S/C11H13N3O2S.ClH/c12-7-9-3-5-14-11(6-9)17(15,16)8-10-2-1-4-13-10;/h3,5-6,10,13H,1-2,4,8H2;1H. The fraction of sp³-hybridized carbons (Fsp3) is 0.455. The van der Waals surface area contributed by atoms with Gasteiger partial charge in [-0.3, -0.25) is 0 Å². The third kappa shape index (κ3) is 3.42. The minimum atomic E-state index is -3.40. The molecule has 0 aromatic carbocycles. The first-order valence-electron chi connectivity index (χ1n) is 5.44. The Morgan fingerprint density at radius 2 is 2.33 bits per heavy atom. The molecule has 7 heteroatoms. The first kappa shape index (κ1) is 14.9. The zero-order chi connectivity index (χ0) is 12.3. The van der Waals surface area contributed by atoms with E-state index in [1.54, 1.807) is 0 Å². The number of hydrogen-bond donors (Lipinski definition) is 1. The molecule has 0 saturated carbocycles. The van der Waals surface area contributed by atoms with Crippen molar-refractivity contribution in [3.05, 3.63) is 23.9 Å². The topological polar surface area (TPSA) is 82.8 Å². The smallest absolute Gasteiger partial charge is 0.197 e. The second-order valence-corrected chi connectivity index (χ2v) is 6.05. The van der Waals surface area contributed by atoms with Crippen molar-refractivity contribution in [2.24, 2.45) is 0 Å². The van der Waals surface area contributed by atoms with E-state index >= 15 is 0 Å². The van der Waals surface area contributed by atoms with E-state index < -0.39 is 9.84 Å². The highest BCUT2D eigenvalue weighted by Crippen LogP contribution is 2.14. The molecule has 1 N–H and O–H groups in total. The van der Waals surface area contributed by atoms with Crippen molar-refractivity contribution < 1.29 is 8.42 Å². The average molecular weight is 288 g/mol. The van der Waals surface area contributed by atoms with Crippen LogP contribution in [-0.2, 0) is 9.84 Å². The molecule has 98 valence electrons. The fourth-order valence-electron chi connectivity index (χ4n) is 1.90. The maximum atomic E-state index is 12.0. The molecule has 1 aliphatic rings. The Morgan fingerprint density at radius 3 is 2.94 bits per heavy atom. The molecule has 1 aromatic heterocycles. The molecular weight excluding hydrogens is 274 g/mol. The van der Waals surface area contributed by atoms with Crippen LogP contribution in [0.3, 0.4) is 0 Å². The lowest BCUT2D eigenvalue weighted by molar-refractivity contribution is 0.573. The van der Waals surface area contributed by atoms with E-state index in [0.29, 0.717) is 5.56 Å². The van der Waals surface area contributed by atoms with Crippen molar-refractivity contribution in [3.8, 4) is 6.07 Å². The molecule has 1 aromatic rings. The summed E-state index contributed by atoms with van der Waals surface area (Å²) in [5, 5.41) is 11.9. The number of aromatic nitrogens is 1. The quantitative estimate of drug-likeness (QED) is 0.893. The first-order chi connectivity index (χ1) is 8.12. The first-order valence-corrected chi connectivity index (χ1v) is 7.09. The van der Waals surface area contributed by atoms with E-state index in [-0.39, 0.29) is 29.2 Å². The largest absolute Gasteiger partial charge is 0.313 e. The van der Waals surface area contributed by atoms with Gasteiger partial charge in [0.25, 0.3) is 0 Å². The van der Waals surface area contributed by atoms with Crippen LogP contribution in [0.15, 0.2) is 23.4 Å². The Hall–Kier alpha value is -1.16. The molecule has 2 rings (SSSR count). The van der Waals surface area contributed by atoms with Crippen LogP contribution in [0.5, 0.6) is 0 Å². The monoisotopic (exact) mass is 287 g/mol. The summed E-state index contributed by atoms with van der Waals surface area (Å²) < 4.78 is 24.1. The van der Waals surface area contributed by atoms with Gasteiger partial charge in [0.2, 0.25) is 0 Å². The number of nitriles is 1. The Morgan fingerprint density at radius 1 is 1.56 bits per heavy atom. The highest BCUT2D eigenvalue weighted by molar-refractivity contribution is 7.91. The van der Waals surface area contributed by atoms with Crippen LogP contribution in [0.2, 0.25) is 0 Å². The predicted molar refractivity (Wildman–Crippen MR) is 69.3 cm³/mol. The molecule has 0 aliphatic carbocycles. The fourth-order valence-corrected chi connectivity index (χ4v) is 3.41. The maximum absolute atomic E-state index is 12.0. The van der Waals surface area contributed by atoms with Gasteiger partial charge in [0.1, 0.15) is 0 Å². The molecule has 0 amide bonds. The highest BCUT2D eigenvalue weighted by Gasteiger charge is 2.24. The van der Waals surface area contributed by atoms with E-state index in [0.717, 1.165) is 19.4 Å². The molecule has 0 radical (unpaired) electrons. The Balaban J connectivity index is 0.00000162. The molecule has 0 spiro atoms. The lowest BCUT2D eigenvalue weighted by Crippen LogP contribution is -2.30. The summed E-state index contributed by atoms with van der Waals surface area (Å²) in [6, 6.07) is 4.74. The normalized spacial score (nSPS) is 18.9. The van der Waals surface area contributed by atoms with Crippen LogP contribution < -0.4 is 5.32 Å². The summed E-state index contributed by atoms with van der Waals surface area (Å²) >= 11 is 0. The van der Waals surface area contributed by atoms with Gasteiger partial charge in [0, 0.05) is 12.2 Å². The SMILES string of the molecule is Cl.N#Cc1ccnc(S(=O)(=O)CC2CCCN2)c1. The predicted octanol–water partition coefficient (Wildman–Crippen LogP) is 0.901. The minimum absolute atomic E-state index is 0. The van der Waals surface area contributed by atoms with Crippen molar-refractivity contribution in [1.29, 1.82) is 5.26 Å². The number of nitrogens with zero attached hydrogens (tertiary/aromatic N) is 2. The Kier molecular flexibility index (Phi) is 5.08. The van der Waals surface area contributed by atoms with Crippen molar-refractivity contribution in [3.63, 3.8) is 0 Å². The number of halogens is 1. The van der Waals surface area contributed by atoms with Gasteiger partial charge >= 0.3 is 0 Å². The third-order valence-corrected chi connectivity index (χ3v) is 4.47. The minimum Gasteiger partial charge on any atom is -0.313 e. The van der Waals surface area contributed by atoms with Gasteiger partial charge < -0.3 is 5.32 Å². The Bertz CT molecular complexity index is 548. The zero-order valence-corrected chi connectivity index (χ0v) is 11.3. The molecule has 1 unspecified atom stereocenters. The van der Waals surface area contributed by atoms with Gasteiger partial charge in [-0.25, -0.2) is 13.4 Å². The van der Waals surface area contributed by atoms with Crippen molar-refractivity contribution in [2.75, 3.05) is 12.3 Å². The third-order valence-electron chi connectivity index (χ3n) is 2.77. The van der Waals surface area contributed by atoms with Crippen molar-refractivity contribution >= 4 is 22.2 Å². The summed E-state index contributed by atoms with van der Waals surface area (Å²) in [6.07, 6.45) is 3.23. The van der Waals surface area contributed by atoms with Gasteiger partial charge in [-0.05, 0) is 31.5 Å². The van der Waals surface area contributed by atoms with Crippen LogP contribution in [0.25, 0.3) is 0 Å². The average Bonchev–Trinajstić information content (AvgIpc) is 2.81. The van der Waals surface area contributed by atoms with Gasteiger partial charge in [-0.15, -0.1) is 12.4 Å². The van der Waals surface area contributed by atoms with Crippen molar-refractivity contribution in [2.45, 2.75) is 23.9 Å². The summed E-state index contributed by atoms with van der Waals surface area (Å²) in [6.45, 7) is 0.867. The molecule has 5 nitrogen and oxygen atoms in total.